The Kier molecular flexibility index (Phi) is 4.39. The average Bonchev–Trinajstić information content (AvgIpc) is 3.11. The van der Waals surface area contributed by atoms with Crippen LogP contribution in [0.5, 0.6) is 11.5 Å². The van der Waals surface area contributed by atoms with Gasteiger partial charge in [-0.1, -0.05) is 11.6 Å². The van der Waals surface area contributed by atoms with Crippen LogP contribution < -0.4 is 20.5 Å². The fourth-order valence-electron chi connectivity index (χ4n) is 2.16. The van der Waals surface area contributed by atoms with E-state index < -0.39 is 0 Å². The summed E-state index contributed by atoms with van der Waals surface area (Å²) in [5, 5.41) is 3.54. The van der Waals surface area contributed by atoms with Gasteiger partial charge in [-0.15, -0.1) is 0 Å². The smallest absolute Gasteiger partial charge is 0.166 e. The van der Waals surface area contributed by atoms with Gasteiger partial charge in [-0.3, -0.25) is 4.57 Å². The highest BCUT2D eigenvalue weighted by atomic mass is 35.5. The zero-order valence-corrected chi connectivity index (χ0v) is 13.8. The third-order valence-corrected chi connectivity index (χ3v) is 3.63. The molecular formula is C15H15ClN6O2. The predicted molar refractivity (Wildman–Crippen MR) is 91.4 cm³/mol. The van der Waals surface area contributed by atoms with Gasteiger partial charge in [0.05, 0.1) is 24.9 Å². The molecule has 24 heavy (non-hydrogen) atoms. The van der Waals surface area contributed by atoms with E-state index >= 15 is 0 Å². The molecule has 0 aliphatic carbocycles. The molecule has 0 aliphatic heterocycles. The van der Waals surface area contributed by atoms with Crippen LogP contribution in [0.25, 0.3) is 5.82 Å². The number of methoxy groups -OCH3 is 2. The van der Waals surface area contributed by atoms with Crippen molar-refractivity contribution in [2.75, 3.05) is 25.3 Å². The highest BCUT2D eigenvalue weighted by molar-refractivity contribution is 6.32. The van der Waals surface area contributed by atoms with Gasteiger partial charge in [-0.2, -0.15) is 0 Å². The number of rotatable bonds is 5. The van der Waals surface area contributed by atoms with Crippen LogP contribution in [0.4, 0.5) is 17.2 Å². The molecule has 0 amide bonds. The Morgan fingerprint density at radius 1 is 1.17 bits per heavy atom. The Morgan fingerprint density at radius 3 is 2.62 bits per heavy atom. The lowest BCUT2D eigenvalue weighted by atomic mass is 10.2. The molecule has 0 radical (unpaired) electrons. The lowest BCUT2D eigenvalue weighted by Crippen LogP contribution is -2.07. The van der Waals surface area contributed by atoms with Crippen LogP contribution in [-0.4, -0.2) is 33.7 Å². The maximum Gasteiger partial charge on any atom is 0.166 e. The van der Waals surface area contributed by atoms with Crippen molar-refractivity contribution in [1.29, 1.82) is 0 Å². The molecule has 8 nitrogen and oxygen atoms in total. The molecule has 0 atom stereocenters. The van der Waals surface area contributed by atoms with E-state index in [1.807, 2.05) is 0 Å². The Balaban J connectivity index is 2.00. The minimum Gasteiger partial charge on any atom is -0.495 e. The number of benzene rings is 1. The number of aromatic nitrogens is 4. The van der Waals surface area contributed by atoms with Gasteiger partial charge >= 0.3 is 0 Å². The lowest BCUT2D eigenvalue weighted by Gasteiger charge is -2.15. The SMILES string of the molecule is COc1cc(OC)c(Nc2ncnc(-n3ccnc3)c2N)cc1Cl. The highest BCUT2D eigenvalue weighted by Gasteiger charge is 2.14. The summed E-state index contributed by atoms with van der Waals surface area (Å²) in [7, 11) is 3.08. The van der Waals surface area contributed by atoms with Crippen molar-refractivity contribution in [3.05, 3.63) is 42.2 Å². The first-order valence-electron chi connectivity index (χ1n) is 6.91. The van der Waals surface area contributed by atoms with Gasteiger partial charge in [0.25, 0.3) is 0 Å². The number of imidazole rings is 1. The highest BCUT2D eigenvalue weighted by Crippen LogP contribution is 2.38. The molecular weight excluding hydrogens is 332 g/mol. The molecule has 9 heteroatoms. The zero-order chi connectivity index (χ0) is 17.1. The maximum atomic E-state index is 6.18. The minimum absolute atomic E-state index is 0.365. The summed E-state index contributed by atoms with van der Waals surface area (Å²) in [6.07, 6.45) is 6.40. The van der Waals surface area contributed by atoms with E-state index in [9.17, 15) is 0 Å². The van der Waals surface area contributed by atoms with Crippen molar-refractivity contribution >= 4 is 28.8 Å². The van der Waals surface area contributed by atoms with Crippen molar-refractivity contribution in [1.82, 2.24) is 19.5 Å². The zero-order valence-electron chi connectivity index (χ0n) is 13.0. The van der Waals surface area contributed by atoms with E-state index in [-0.39, 0.29) is 0 Å². The van der Waals surface area contributed by atoms with Gasteiger partial charge in [0, 0.05) is 18.5 Å². The van der Waals surface area contributed by atoms with Crippen LogP contribution in [0, 0.1) is 0 Å². The van der Waals surface area contributed by atoms with Crippen LogP contribution in [0.3, 0.4) is 0 Å². The number of hydrogen-bond acceptors (Lipinski definition) is 7. The number of ether oxygens (including phenoxy) is 2. The molecule has 0 saturated carbocycles. The van der Waals surface area contributed by atoms with Crippen molar-refractivity contribution in [2.24, 2.45) is 0 Å². The standard InChI is InChI=1S/C15H15ClN6O2/c1-23-11-6-12(24-2)10(5-9(11)16)21-14-13(17)15(20-7-19-14)22-4-3-18-8-22/h3-8H,17H2,1-2H3,(H,19,20,21). The van der Waals surface area contributed by atoms with E-state index in [1.54, 1.807) is 42.5 Å². The van der Waals surface area contributed by atoms with Gasteiger partial charge in [0.2, 0.25) is 0 Å². The lowest BCUT2D eigenvalue weighted by molar-refractivity contribution is 0.396. The van der Waals surface area contributed by atoms with Gasteiger partial charge in [-0.25, -0.2) is 15.0 Å². The van der Waals surface area contributed by atoms with E-state index in [4.69, 9.17) is 26.8 Å². The third-order valence-electron chi connectivity index (χ3n) is 3.34. The molecule has 1 aromatic carbocycles. The van der Waals surface area contributed by atoms with Crippen LogP contribution in [0.15, 0.2) is 37.2 Å². The van der Waals surface area contributed by atoms with E-state index in [2.05, 4.69) is 20.3 Å². The molecule has 0 saturated heterocycles. The van der Waals surface area contributed by atoms with Gasteiger partial charge in [0.1, 0.15) is 29.8 Å². The molecule has 124 valence electrons. The average molecular weight is 347 g/mol. The molecule has 0 spiro atoms. The largest absolute Gasteiger partial charge is 0.495 e. The fraction of sp³-hybridized carbons (Fsp3) is 0.133. The molecule has 2 heterocycles. The van der Waals surface area contributed by atoms with Crippen molar-refractivity contribution in [3.8, 4) is 17.3 Å². The first-order valence-corrected chi connectivity index (χ1v) is 7.29. The van der Waals surface area contributed by atoms with Crippen LogP contribution in [0.2, 0.25) is 5.02 Å². The second-order valence-electron chi connectivity index (χ2n) is 4.74. The van der Waals surface area contributed by atoms with E-state index in [1.165, 1.54) is 13.4 Å². The predicted octanol–water partition coefficient (Wildman–Crippen LogP) is 2.66. The third kappa shape index (κ3) is 2.91. The van der Waals surface area contributed by atoms with E-state index in [0.717, 1.165) is 0 Å². The summed E-state index contributed by atoms with van der Waals surface area (Å²) >= 11 is 6.18. The molecule has 0 unspecified atom stereocenters. The van der Waals surface area contributed by atoms with Crippen LogP contribution in [-0.2, 0) is 0 Å². The summed E-state index contributed by atoms with van der Waals surface area (Å²) in [6, 6.07) is 3.36. The fourth-order valence-corrected chi connectivity index (χ4v) is 2.40. The van der Waals surface area contributed by atoms with Crippen molar-refractivity contribution < 1.29 is 9.47 Å². The normalized spacial score (nSPS) is 10.5. The number of anilines is 3. The molecule has 0 aliphatic rings. The maximum absolute atomic E-state index is 6.18. The summed E-state index contributed by atoms with van der Waals surface area (Å²) in [5.74, 6) is 1.99. The number of nitrogens with two attached hydrogens (primary N) is 1. The Hall–Kier alpha value is -3.00. The van der Waals surface area contributed by atoms with Gasteiger partial charge in [-0.05, 0) is 6.07 Å². The summed E-state index contributed by atoms with van der Waals surface area (Å²) in [4.78, 5) is 12.3. The number of halogens is 1. The molecule has 0 bridgehead atoms. The Labute approximate surface area is 143 Å². The Bertz CT molecular complexity index is 853. The van der Waals surface area contributed by atoms with Gasteiger partial charge < -0.3 is 20.5 Å². The quantitative estimate of drug-likeness (QED) is 0.732. The molecule has 0 fully saturated rings. The summed E-state index contributed by atoms with van der Waals surface area (Å²) < 4.78 is 12.2. The van der Waals surface area contributed by atoms with Gasteiger partial charge in [0.15, 0.2) is 11.6 Å². The Morgan fingerprint density at radius 2 is 1.96 bits per heavy atom. The van der Waals surface area contributed by atoms with Crippen LogP contribution >= 0.6 is 11.6 Å². The second-order valence-corrected chi connectivity index (χ2v) is 5.15. The molecule has 3 aromatic rings. The van der Waals surface area contributed by atoms with Crippen LogP contribution in [0.1, 0.15) is 0 Å². The second kappa shape index (κ2) is 6.63. The number of nitrogens with zero attached hydrogens (tertiary/aromatic N) is 4. The van der Waals surface area contributed by atoms with Crippen molar-refractivity contribution in [3.63, 3.8) is 0 Å². The summed E-state index contributed by atoms with van der Waals surface area (Å²) in [6.45, 7) is 0. The molecule has 2 aromatic heterocycles. The molecule has 3 rings (SSSR count). The summed E-state index contributed by atoms with van der Waals surface area (Å²) in [5.41, 5.74) is 7.14. The minimum atomic E-state index is 0.365. The number of nitrogens with one attached hydrogen (secondary N) is 1. The topological polar surface area (TPSA) is 100 Å². The number of hydrogen-bond donors (Lipinski definition) is 2. The molecule has 3 N–H and O–H groups in total. The first-order chi connectivity index (χ1) is 11.6. The monoisotopic (exact) mass is 346 g/mol. The van der Waals surface area contributed by atoms with E-state index in [0.29, 0.717) is 39.5 Å². The number of nitrogen functional groups attached to an aromatic ring is 1. The first kappa shape index (κ1) is 15.9. The van der Waals surface area contributed by atoms with Crippen molar-refractivity contribution in [2.45, 2.75) is 0 Å².